The molecule has 3 N–H and O–H groups in total. The summed E-state index contributed by atoms with van der Waals surface area (Å²) in [6.07, 6.45) is 2.65. The van der Waals surface area contributed by atoms with Crippen LogP contribution in [-0.4, -0.2) is 25.1 Å². The number of benzene rings is 2. The fraction of sp³-hybridized carbons (Fsp3) is 0.389. The van der Waals surface area contributed by atoms with Crippen LogP contribution in [0.15, 0.2) is 42.5 Å². The summed E-state index contributed by atoms with van der Waals surface area (Å²) in [5.74, 6) is 1.04. The van der Waals surface area contributed by atoms with E-state index >= 15 is 0 Å². The van der Waals surface area contributed by atoms with Gasteiger partial charge in [0, 0.05) is 17.3 Å². The van der Waals surface area contributed by atoms with Crippen molar-refractivity contribution in [3.05, 3.63) is 42.5 Å². The minimum Gasteiger partial charge on any atom is -0.491 e. The first kappa shape index (κ1) is 17.6. The van der Waals surface area contributed by atoms with Crippen molar-refractivity contribution in [2.45, 2.75) is 25.3 Å². The van der Waals surface area contributed by atoms with Gasteiger partial charge in [-0.25, -0.2) is 0 Å². The third kappa shape index (κ3) is 4.36. The van der Waals surface area contributed by atoms with Gasteiger partial charge in [-0.1, -0.05) is 36.4 Å². The zero-order valence-electron chi connectivity index (χ0n) is 13.0. The van der Waals surface area contributed by atoms with Crippen molar-refractivity contribution < 1.29 is 9.53 Å². The third-order valence-electron chi connectivity index (χ3n) is 4.25. The molecule has 4 nitrogen and oxygen atoms in total. The first-order chi connectivity index (χ1) is 10.7. The van der Waals surface area contributed by atoms with Crippen molar-refractivity contribution in [1.29, 1.82) is 0 Å². The average molecular weight is 335 g/mol. The van der Waals surface area contributed by atoms with E-state index in [1.54, 1.807) is 0 Å². The number of amides is 1. The molecule has 1 saturated carbocycles. The van der Waals surface area contributed by atoms with Crippen molar-refractivity contribution in [1.82, 2.24) is 5.32 Å². The number of nitrogens with one attached hydrogen (secondary N) is 1. The van der Waals surface area contributed by atoms with Gasteiger partial charge in [-0.2, -0.15) is 0 Å². The Morgan fingerprint density at radius 2 is 1.96 bits per heavy atom. The van der Waals surface area contributed by atoms with Crippen molar-refractivity contribution in [3.63, 3.8) is 0 Å². The standard InChI is InChI=1S/C18H22N2O2.ClH/c19-15-9-8-14(12-15)18(21)20-10-11-22-17-7-3-5-13-4-1-2-6-16(13)17;/h1-7,14-15H,8-12,19H2,(H,20,21);1H. The van der Waals surface area contributed by atoms with E-state index in [2.05, 4.69) is 17.4 Å². The zero-order valence-corrected chi connectivity index (χ0v) is 13.9. The Kier molecular flexibility index (Phi) is 6.25. The fourth-order valence-electron chi connectivity index (χ4n) is 3.06. The summed E-state index contributed by atoms with van der Waals surface area (Å²) in [6.45, 7) is 0.992. The Bertz CT molecular complexity index is 657. The zero-order chi connectivity index (χ0) is 15.4. The number of halogens is 1. The molecule has 23 heavy (non-hydrogen) atoms. The summed E-state index contributed by atoms with van der Waals surface area (Å²) in [4.78, 5) is 12.0. The number of fused-ring (bicyclic) bond motifs is 1. The van der Waals surface area contributed by atoms with Gasteiger partial charge >= 0.3 is 0 Å². The molecule has 2 aromatic rings. The third-order valence-corrected chi connectivity index (χ3v) is 4.25. The number of carbonyl (C=O) groups is 1. The Morgan fingerprint density at radius 3 is 2.74 bits per heavy atom. The number of hydrogen-bond acceptors (Lipinski definition) is 3. The summed E-state index contributed by atoms with van der Waals surface area (Å²) >= 11 is 0. The van der Waals surface area contributed by atoms with E-state index in [0.717, 1.165) is 35.8 Å². The fourth-order valence-corrected chi connectivity index (χ4v) is 3.06. The number of nitrogens with two attached hydrogens (primary N) is 1. The van der Waals surface area contributed by atoms with E-state index in [1.807, 2.05) is 30.3 Å². The lowest BCUT2D eigenvalue weighted by molar-refractivity contribution is -0.124. The monoisotopic (exact) mass is 334 g/mol. The van der Waals surface area contributed by atoms with Crippen molar-refractivity contribution >= 4 is 29.1 Å². The van der Waals surface area contributed by atoms with Gasteiger partial charge in [0.2, 0.25) is 5.91 Å². The maximum Gasteiger partial charge on any atom is 0.223 e. The van der Waals surface area contributed by atoms with Crippen LogP contribution in [0.2, 0.25) is 0 Å². The predicted molar refractivity (Wildman–Crippen MR) is 95.0 cm³/mol. The smallest absolute Gasteiger partial charge is 0.223 e. The lowest BCUT2D eigenvalue weighted by Gasteiger charge is -2.12. The van der Waals surface area contributed by atoms with E-state index in [0.29, 0.717) is 13.2 Å². The summed E-state index contributed by atoms with van der Waals surface area (Å²) in [5, 5.41) is 5.20. The van der Waals surface area contributed by atoms with Crippen molar-refractivity contribution in [2.24, 2.45) is 11.7 Å². The maximum atomic E-state index is 12.0. The number of rotatable bonds is 5. The highest BCUT2D eigenvalue weighted by molar-refractivity contribution is 5.88. The molecule has 0 bridgehead atoms. The highest BCUT2D eigenvalue weighted by Gasteiger charge is 2.27. The summed E-state index contributed by atoms with van der Waals surface area (Å²) in [6, 6.07) is 14.3. The molecule has 3 rings (SSSR count). The van der Waals surface area contributed by atoms with Crippen LogP contribution in [-0.2, 0) is 4.79 Å². The van der Waals surface area contributed by atoms with Crippen LogP contribution in [0.25, 0.3) is 10.8 Å². The van der Waals surface area contributed by atoms with Gasteiger partial charge in [0.1, 0.15) is 12.4 Å². The Hall–Kier alpha value is -1.78. The van der Waals surface area contributed by atoms with Crippen LogP contribution in [0.1, 0.15) is 19.3 Å². The molecule has 0 radical (unpaired) electrons. The van der Waals surface area contributed by atoms with E-state index in [1.165, 1.54) is 0 Å². The molecule has 1 amide bonds. The highest BCUT2D eigenvalue weighted by Crippen LogP contribution is 2.25. The van der Waals surface area contributed by atoms with Crippen LogP contribution >= 0.6 is 12.4 Å². The van der Waals surface area contributed by atoms with Gasteiger partial charge in [-0.3, -0.25) is 4.79 Å². The van der Waals surface area contributed by atoms with Gasteiger partial charge in [0.05, 0.1) is 6.54 Å². The minimum atomic E-state index is 0. The summed E-state index contributed by atoms with van der Waals surface area (Å²) < 4.78 is 5.81. The second kappa shape index (κ2) is 8.18. The van der Waals surface area contributed by atoms with E-state index in [4.69, 9.17) is 10.5 Å². The molecule has 2 unspecified atom stereocenters. The topological polar surface area (TPSA) is 64.4 Å². The van der Waals surface area contributed by atoms with Gasteiger partial charge in [-0.05, 0) is 30.7 Å². The molecule has 0 spiro atoms. The van der Waals surface area contributed by atoms with Gasteiger partial charge < -0.3 is 15.8 Å². The summed E-state index contributed by atoms with van der Waals surface area (Å²) in [5.41, 5.74) is 5.84. The van der Waals surface area contributed by atoms with Gasteiger partial charge in [0.25, 0.3) is 0 Å². The molecule has 0 aliphatic heterocycles. The largest absolute Gasteiger partial charge is 0.491 e. The first-order valence-electron chi connectivity index (χ1n) is 7.88. The molecule has 1 aliphatic rings. The highest BCUT2D eigenvalue weighted by atomic mass is 35.5. The maximum absolute atomic E-state index is 12.0. The first-order valence-corrected chi connectivity index (χ1v) is 7.88. The van der Waals surface area contributed by atoms with Gasteiger partial charge in [-0.15, -0.1) is 12.4 Å². The lowest BCUT2D eigenvalue weighted by atomic mass is 10.1. The van der Waals surface area contributed by atoms with E-state index in [-0.39, 0.29) is 30.3 Å². The number of ether oxygens (including phenoxy) is 1. The lowest BCUT2D eigenvalue weighted by Crippen LogP contribution is -2.33. The molecule has 5 heteroatoms. The SMILES string of the molecule is Cl.NC1CCC(C(=O)NCCOc2cccc3ccccc23)C1. The molecule has 2 aromatic carbocycles. The van der Waals surface area contributed by atoms with Gasteiger partial charge in [0.15, 0.2) is 0 Å². The van der Waals surface area contributed by atoms with Crippen molar-refractivity contribution in [3.8, 4) is 5.75 Å². The molecule has 0 aromatic heterocycles. The van der Waals surface area contributed by atoms with Crippen LogP contribution < -0.4 is 15.8 Å². The predicted octanol–water partition coefficient (Wildman–Crippen LogP) is 2.88. The number of hydrogen-bond donors (Lipinski definition) is 2. The Labute approximate surface area is 142 Å². The normalized spacial score (nSPS) is 20.0. The minimum absolute atomic E-state index is 0. The van der Waals surface area contributed by atoms with Crippen LogP contribution in [0, 0.1) is 5.92 Å². The second-order valence-electron chi connectivity index (χ2n) is 5.89. The van der Waals surface area contributed by atoms with Crippen LogP contribution in [0.4, 0.5) is 0 Å². The average Bonchev–Trinajstić information content (AvgIpc) is 2.98. The molecule has 124 valence electrons. The van der Waals surface area contributed by atoms with Crippen LogP contribution in [0.3, 0.4) is 0 Å². The van der Waals surface area contributed by atoms with Crippen LogP contribution in [0.5, 0.6) is 5.75 Å². The molecule has 2 atom stereocenters. The molecule has 0 heterocycles. The molecular weight excluding hydrogens is 312 g/mol. The molecular formula is C18H23ClN2O2. The Balaban J connectivity index is 0.00000192. The Morgan fingerprint density at radius 1 is 1.17 bits per heavy atom. The molecule has 1 aliphatic carbocycles. The van der Waals surface area contributed by atoms with E-state index in [9.17, 15) is 4.79 Å². The number of carbonyl (C=O) groups excluding carboxylic acids is 1. The second-order valence-corrected chi connectivity index (χ2v) is 5.89. The van der Waals surface area contributed by atoms with Crippen molar-refractivity contribution in [2.75, 3.05) is 13.2 Å². The van der Waals surface area contributed by atoms with E-state index < -0.39 is 0 Å². The molecule has 1 fully saturated rings. The summed E-state index contributed by atoms with van der Waals surface area (Å²) in [7, 11) is 0. The quantitative estimate of drug-likeness (QED) is 0.826. The molecule has 0 saturated heterocycles.